The molecule has 0 aromatic heterocycles. The summed E-state index contributed by atoms with van der Waals surface area (Å²) < 4.78 is 19.9. The van der Waals surface area contributed by atoms with Crippen LogP contribution in [0.25, 0.3) is 0 Å². The van der Waals surface area contributed by atoms with Crippen molar-refractivity contribution in [1.29, 1.82) is 0 Å². The van der Waals surface area contributed by atoms with Crippen LogP contribution in [0.15, 0.2) is 0 Å². The predicted octanol–water partition coefficient (Wildman–Crippen LogP) is 2.32. The summed E-state index contributed by atoms with van der Waals surface area (Å²) in [5.74, 6) is 0. The second-order valence-electron chi connectivity index (χ2n) is 3.47. The van der Waals surface area contributed by atoms with E-state index in [1.165, 1.54) is 38.5 Å². The summed E-state index contributed by atoms with van der Waals surface area (Å²) in [5.41, 5.74) is 0. The Labute approximate surface area is 84.0 Å². The Morgan fingerprint density at radius 3 is 1.00 bits per heavy atom. The molecule has 1 unspecified atom stereocenters. The molecule has 1 rings (SSSR count). The van der Waals surface area contributed by atoms with E-state index in [4.69, 9.17) is 14.7 Å². The van der Waals surface area contributed by atoms with E-state index < -0.39 is 14.3 Å². The Morgan fingerprint density at radius 2 is 0.929 bits per heavy atom. The average molecular weight is 244 g/mol. The number of hydrogen-bond donors (Lipinski definition) is 3. The van der Waals surface area contributed by atoms with Crippen LogP contribution in [-0.4, -0.2) is 21.3 Å². The van der Waals surface area contributed by atoms with Crippen molar-refractivity contribution in [2.45, 2.75) is 38.5 Å². The lowest BCUT2D eigenvalue weighted by atomic mass is 10.0. The molecule has 0 aromatic rings. The second-order valence-corrected chi connectivity index (χ2v) is 9.96. The highest BCUT2D eigenvalue weighted by Crippen LogP contribution is 2.71. The van der Waals surface area contributed by atoms with Gasteiger partial charge in [-0.15, -0.1) is 0 Å². The quantitative estimate of drug-likeness (QED) is 0.615. The maximum Gasteiger partial charge on any atom is 0.407 e. The van der Waals surface area contributed by atoms with Gasteiger partial charge < -0.3 is 14.7 Å². The van der Waals surface area contributed by atoms with Crippen molar-refractivity contribution in [2.75, 3.05) is 6.66 Å². The summed E-state index contributed by atoms with van der Waals surface area (Å²) >= 11 is 0. The van der Waals surface area contributed by atoms with Crippen molar-refractivity contribution in [1.82, 2.24) is 0 Å². The van der Waals surface area contributed by atoms with Gasteiger partial charge in [0.25, 0.3) is 0 Å². The third-order valence-corrected chi connectivity index (χ3v) is 5.85. The first-order chi connectivity index (χ1) is 6.25. The minimum atomic E-state index is -4.74. The Balaban J connectivity index is 0.000000249. The van der Waals surface area contributed by atoms with Crippen molar-refractivity contribution >= 4 is 14.3 Å². The van der Waals surface area contributed by atoms with Gasteiger partial charge in [-0.1, -0.05) is 38.5 Å². The zero-order chi connectivity index (χ0) is 11.2. The van der Waals surface area contributed by atoms with E-state index in [2.05, 4.69) is 0 Å². The summed E-state index contributed by atoms with van der Waals surface area (Å²) in [5, 5.41) is 0. The van der Waals surface area contributed by atoms with E-state index in [9.17, 15) is 9.13 Å². The smallest absolute Gasteiger partial charge is 0.336 e. The minimum absolute atomic E-state index is 0.619. The van der Waals surface area contributed by atoms with E-state index >= 15 is 0 Å². The van der Waals surface area contributed by atoms with Crippen molar-refractivity contribution in [2.24, 2.45) is 0 Å². The normalized spacial score (nSPS) is 21.7. The molecule has 0 aromatic carbocycles. The van der Waals surface area contributed by atoms with Crippen molar-refractivity contribution < 1.29 is 23.8 Å². The maximum absolute atomic E-state index is 10.0. The molecular weight excluding hydrogens is 226 g/mol. The number of rotatable bonds is 1. The molecule has 0 saturated heterocycles. The highest BCUT2D eigenvalue weighted by molar-refractivity contribution is 8.28. The Bertz CT molecular complexity index is 205. The highest BCUT2D eigenvalue weighted by atomic mass is 32.1. The summed E-state index contributed by atoms with van der Waals surface area (Å²) in [4.78, 5) is 24.1. The fraction of sp³-hybridized carbons (Fsp3) is 1.00. The van der Waals surface area contributed by atoms with Gasteiger partial charge in [0, 0.05) is 6.66 Å². The lowest BCUT2D eigenvalue weighted by molar-refractivity contribution is 0.378. The molecule has 0 amide bonds. The molecule has 0 heterocycles. The van der Waals surface area contributed by atoms with Crippen molar-refractivity contribution in [3.63, 3.8) is 0 Å². The molecule has 3 N–H and O–H groups in total. The van der Waals surface area contributed by atoms with Crippen LogP contribution >= 0.6 is 14.3 Å². The predicted molar refractivity (Wildman–Crippen MR) is 55.5 cm³/mol. The zero-order valence-electron chi connectivity index (χ0n) is 8.30. The Hall–Kier alpha value is 0.340. The highest BCUT2D eigenvalue weighted by Gasteiger charge is 2.33. The minimum Gasteiger partial charge on any atom is -0.336 e. The number of hydrogen-bond acceptors (Lipinski definition) is 2. The summed E-state index contributed by atoms with van der Waals surface area (Å²) in [7, 11) is -8.92. The Morgan fingerprint density at radius 1 is 0.786 bits per heavy atom. The van der Waals surface area contributed by atoms with Crippen LogP contribution in [0.4, 0.5) is 0 Å². The van der Waals surface area contributed by atoms with Gasteiger partial charge in [-0.3, -0.25) is 4.57 Å². The van der Waals surface area contributed by atoms with Gasteiger partial charge in [-0.25, -0.2) is 4.57 Å². The molecule has 86 valence electrons. The fourth-order valence-corrected chi connectivity index (χ4v) is 1.06. The van der Waals surface area contributed by atoms with E-state index in [1.54, 1.807) is 0 Å². The molecule has 0 radical (unpaired) electrons. The molecule has 1 aliphatic carbocycles. The van der Waals surface area contributed by atoms with E-state index in [0.717, 1.165) is 0 Å². The van der Waals surface area contributed by atoms with Gasteiger partial charge in [0.2, 0.25) is 0 Å². The zero-order valence-corrected chi connectivity index (χ0v) is 10.1. The average Bonchev–Trinajstić information content (AvgIpc) is 2.05. The van der Waals surface area contributed by atoms with Crippen LogP contribution in [0.2, 0.25) is 0 Å². The molecule has 1 aliphatic rings. The first-order valence-corrected chi connectivity index (χ1v) is 9.04. The first kappa shape index (κ1) is 14.3. The lowest BCUT2D eigenvalue weighted by Gasteiger charge is -2.05. The van der Waals surface area contributed by atoms with Gasteiger partial charge in [0.1, 0.15) is 0 Å². The van der Waals surface area contributed by atoms with Crippen LogP contribution in [0, 0.1) is 0 Å². The van der Waals surface area contributed by atoms with Gasteiger partial charge in [0.15, 0.2) is 0 Å². The lowest BCUT2D eigenvalue weighted by Crippen LogP contribution is -1.85. The van der Waals surface area contributed by atoms with E-state index in [1.807, 2.05) is 0 Å². The molecule has 0 bridgehead atoms. The largest absolute Gasteiger partial charge is 0.407 e. The molecule has 0 spiro atoms. The summed E-state index contributed by atoms with van der Waals surface area (Å²) in [6.07, 6.45) is 9.00. The maximum atomic E-state index is 10.0. The topological polar surface area (TPSA) is 94.8 Å². The third kappa shape index (κ3) is 6.74. The van der Waals surface area contributed by atoms with Crippen LogP contribution < -0.4 is 0 Å². The fourth-order valence-electron chi connectivity index (χ4n) is 1.06. The molecule has 1 fully saturated rings. The molecule has 0 aliphatic heterocycles. The third-order valence-electron chi connectivity index (χ3n) is 1.98. The molecule has 7 heteroatoms. The van der Waals surface area contributed by atoms with Crippen LogP contribution in [0.1, 0.15) is 38.5 Å². The first-order valence-electron chi connectivity index (χ1n) is 4.61. The summed E-state index contributed by atoms with van der Waals surface area (Å²) in [6, 6.07) is 0. The summed E-state index contributed by atoms with van der Waals surface area (Å²) in [6.45, 7) is 0.619. The standard InChI is InChI=1S/C6H12.CH6O5P2/c1-2-4-6-5-3-1;1-7(2,3)8(4,5)6/h1-6H2;1H3,(H,2,3)(H2,4,5,6). The molecule has 5 nitrogen and oxygen atoms in total. The van der Waals surface area contributed by atoms with E-state index in [0.29, 0.717) is 6.66 Å². The van der Waals surface area contributed by atoms with Crippen molar-refractivity contribution in [3.8, 4) is 0 Å². The van der Waals surface area contributed by atoms with Crippen LogP contribution in [0.5, 0.6) is 0 Å². The SMILES string of the molecule is C1CCCCC1.CP(=O)(O)P(=O)(O)O. The molecule has 1 saturated carbocycles. The molecular formula is C7H18O5P2. The van der Waals surface area contributed by atoms with Gasteiger partial charge in [-0.2, -0.15) is 0 Å². The second kappa shape index (κ2) is 6.04. The van der Waals surface area contributed by atoms with Crippen molar-refractivity contribution in [3.05, 3.63) is 0 Å². The monoisotopic (exact) mass is 244 g/mol. The van der Waals surface area contributed by atoms with Crippen LogP contribution in [-0.2, 0) is 9.13 Å². The molecule has 1 atom stereocenters. The Kier molecular flexibility index (Phi) is 6.19. The van der Waals surface area contributed by atoms with Gasteiger partial charge in [-0.05, 0) is 0 Å². The van der Waals surface area contributed by atoms with Gasteiger partial charge in [0.05, 0.1) is 0 Å². The molecule has 14 heavy (non-hydrogen) atoms. The van der Waals surface area contributed by atoms with Crippen LogP contribution in [0.3, 0.4) is 0 Å². The van der Waals surface area contributed by atoms with E-state index in [-0.39, 0.29) is 0 Å². The van der Waals surface area contributed by atoms with Gasteiger partial charge >= 0.3 is 14.3 Å².